The summed E-state index contributed by atoms with van der Waals surface area (Å²) in [7, 11) is 0. The largest absolute Gasteiger partial charge is 0.394 e. The lowest BCUT2D eigenvalue weighted by Gasteiger charge is -2.21. The van der Waals surface area contributed by atoms with Crippen LogP contribution in [0.1, 0.15) is 25.6 Å². The van der Waals surface area contributed by atoms with E-state index in [-0.39, 0.29) is 6.61 Å². The minimum Gasteiger partial charge on any atom is -0.394 e. The van der Waals surface area contributed by atoms with E-state index in [9.17, 15) is 5.11 Å². The highest BCUT2D eigenvalue weighted by molar-refractivity contribution is 5.51. The summed E-state index contributed by atoms with van der Waals surface area (Å²) in [6.45, 7) is 6.17. The van der Waals surface area contributed by atoms with Gasteiger partial charge in [-0.15, -0.1) is 0 Å². The topological polar surface area (TPSA) is 67.3 Å². The van der Waals surface area contributed by atoms with Crippen LogP contribution in [0.3, 0.4) is 0 Å². The number of aliphatic hydroxyl groups is 1. The van der Waals surface area contributed by atoms with E-state index in [1.165, 1.54) is 5.69 Å². The van der Waals surface area contributed by atoms with Gasteiger partial charge in [0, 0.05) is 24.5 Å². The molecule has 1 aromatic carbocycles. The van der Waals surface area contributed by atoms with Crippen LogP contribution >= 0.6 is 0 Å². The molecule has 1 atom stereocenters. The number of anilines is 1. The van der Waals surface area contributed by atoms with E-state index in [2.05, 4.69) is 35.9 Å². The van der Waals surface area contributed by atoms with E-state index < -0.39 is 6.04 Å². The maximum Gasteiger partial charge on any atom is 0.0994 e. The molecule has 0 saturated carbocycles. The Bertz CT molecular complexity index is 531. The van der Waals surface area contributed by atoms with Crippen LogP contribution in [0.5, 0.6) is 0 Å². The van der Waals surface area contributed by atoms with Crippen molar-refractivity contribution in [2.24, 2.45) is 5.73 Å². The maximum atomic E-state index is 9.19. The summed E-state index contributed by atoms with van der Waals surface area (Å²) in [5.41, 5.74) is 8.89. The van der Waals surface area contributed by atoms with Crippen LogP contribution in [0.25, 0.3) is 5.69 Å². The first-order valence-electron chi connectivity index (χ1n) is 6.95. The lowest BCUT2D eigenvalue weighted by molar-refractivity contribution is 0.265. The second-order valence-corrected chi connectivity index (χ2v) is 4.67. The third-order valence-electron chi connectivity index (χ3n) is 3.50. The molecule has 0 amide bonds. The van der Waals surface area contributed by atoms with E-state index in [1.54, 1.807) is 12.5 Å². The van der Waals surface area contributed by atoms with Crippen LogP contribution in [0.15, 0.2) is 36.8 Å². The van der Waals surface area contributed by atoms with Crippen LogP contribution in [0.4, 0.5) is 5.69 Å². The highest BCUT2D eigenvalue weighted by Gasteiger charge is 2.12. The van der Waals surface area contributed by atoms with E-state index in [0.717, 1.165) is 24.5 Å². The van der Waals surface area contributed by atoms with Gasteiger partial charge in [0.2, 0.25) is 0 Å². The van der Waals surface area contributed by atoms with Crippen molar-refractivity contribution in [1.29, 1.82) is 0 Å². The van der Waals surface area contributed by atoms with Crippen LogP contribution in [0.2, 0.25) is 0 Å². The molecule has 0 saturated heterocycles. The van der Waals surface area contributed by atoms with Crippen molar-refractivity contribution in [3.05, 3.63) is 42.5 Å². The Hall–Kier alpha value is -1.85. The minimum absolute atomic E-state index is 0.0940. The minimum atomic E-state index is -0.417. The highest BCUT2D eigenvalue weighted by Crippen LogP contribution is 2.20. The summed E-state index contributed by atoms with van der Waals surface area (Å²) < 4.78 is 1.91. The molecule has 3 N–H and O–H groups in total. The Morgan fingerprint density at radius 1 is 1.25 bits per heavy atom. The molecule has 2 aromatic rings. The quantitative estimate of drug-likeness (QED) is 0.841. The summed E-state index contributed by atoms with van der Waals surface area (Å²) in [6, 6.07) is 7.86. The molecule has 0 fully saturated rings. The summed E-state index contributed by atoms with van der Waals surface area (Å²) in [5, 5.41) is 9.19. The average Bonchev–Trinajstić information content (AvgIpc) is 2.98. The van der Waals surface area contributed by atoms with Crippen molar-refractivity contribution < 1.29 is 5.11 Å². The SMILES string of the molecule is CCN(CC)c1ccc(-n2cncc2C(N)CO)cc1. The normalized spacial score (nSPS) is 12.4. The third kappa shape index (κ3) is 2.84. The lowest BCUT2D eigenvalue weighted by Crippen LogP contribution is -2.21. The zero-order chi connectivity index (χ0) is 14.5. The zero-order valence-electron chi connectivity index (χ0n) is 12.0. The number of imidazole rings is 1. The smallest absolute Gasteiger partial charge is 0.0994 e. The van der Waals surface area contributed by atoms with Crippen molar-refractivity contribution in [3.8, 4) is 5.69 Å². The van der Waals surface area contributed by atoms with Gasteiger partial charge in [-0.1, -0.05) is 0 Å². The molecule has 20 heavy (non-hydrogen) atoms. The summed E-state index contributed by atoms with van der Waals surface area (Å²) in [6.07, 6.45) is 3.41. The number of aliphatic hydroxyl groups excluding tert-OH is 1. The number of nitrogens with zero attached hydrogens (tertiary/aromatic N) is 3. The van der Waals surface area contributed by atoms with Gasteiger partial charge >= 0.3 is 0 Å². The van der Waals surface area contributed by atoms with Crippen molar-refractivity contribution in [3.63, 3.8) is 0 Å². The Labute approximate surface area is 119 Å². The average molecular weight is 274 g/mol. The number of aromatic nitrogens is 2. The van der Waals surface area contributed by atoms with Crippen molar-refractivity contribution >= 4 is 5.69 Å². The molecule has 5 heteroatoms. The second kappa shape index (κ2) is 6.54. The van der Waals surface area contributed by atoms with Gasteiger partial charge in [0.05, 0.1) is 30.9 Å². The van der Waals surface area contributed by atoms with Gasteiger partial charge in [-0.25, -0.2) is 4.98 Å². The number of hydrogen-bond donors (Lipinski definition) is 2. The number of hydrogen-bond acceptors (Lipinski definition) is 4. The molecule has 0 aliphatic rings. The molecule has 0 spiro atoms. The first-order chi connectivity index (χ1) is 9.71. The van der Waals surface area contributed by atoms with Crippen molar-refractivity contribution in [2.45, 2.75) is 19.9 Å². The van der Waals surface area contributed by atoms with Crippen LogP contribution in [0, 0.1) is 0 Å². The summed E-state index contributed by atoms with van der Waals surface area (Å²) in [4.78, 5) is 6.41. The molecular weight excluding hydrogens is 252 g/mol. The Kier molecular flexibility index (Phi) is 4.76. The number of rotatable bonds is 6. The van der Waals surface area contributed by atoms with E-state index in [1.807, 2.05) is 16.7 Å². The molecule has 1 unspecified atom stereocenters. The van der Waals surface area contributed by atoms with Gasteiger partial charge in [0.1, 0.15) is 0 Å². The molecule has 0 aliphatic carbocycles. The van der Waals surface area contributed by atoms with Gasteiger partial charge in [0.15, 0.2) is 0 Å². The summed E-state index contributed by atoms with van der Waals surface area (Å²) >= 11 is 0. The second-order valence-electron chi connectivity index (χ2n) is 4.67. The molecule has 108 valence electrons. The Morgan fingerprint density at radius 2 is 1.90 bits per heavy atom. The van der Waals surface area contributed by atoms with Crippen LogP contribution in [-0.4, -0.2) is 34.4 Å². The first-order valence-corrected chi connectivity index (χ1v) is 6.95. The van der Waals surface area contributed by atoms with Crippen LogP contribution in [-0.2, 0) is 0 Å². The first kappa shape index (κ1) is 14.6. The monoisotopic (exact) mass is 274 g/mol. The maximum absolute atomic E-state index is 9.19. The number of benzene rings is 1. The molecule has 5 nitrogen and oxygen atoms in total. The van der Waals surface area contributed by atoms with Gasteiger partial charge in [-0.05, 0) is 38.1 Å². The fourth-order valence-corrected chi connectivity index (χ4v) is 2.30. The predicted molar refractivity (Wildman–Crippen MR) is 81.1 cm³/mol. The molecule has 0 aliphatic heterocycles. The standard InChI is InChI=1S/C15H22N4O/c1-3-18(4-2)12-5-7-13(8-6-12)19-11-17-9-15(19)14(16)10-20/h5-9,11,14,20H,3-4,10,16H2,1-2H3. The zero-order valence-corrected chi connectivity index (χ0v) is 12.0. The Balaban J connectivity index is 2.29. The van der Waals surface area contributed by atoms with E-state index in [0.29, 0.717) is 0 Å². The molecular formula is C15H22N4O. The molecule has 0 radical (unpaired) electrons. The highest BCUT2D eigenvalue weighted by atomic mass is 16.3. The fraction of sp³-hybridized carbons (Fsp3) is 0.400. The molecule has 1 aromatic heterocycles. The van der Waals surface area contributed by atoms with E-state index >= 15 is 0 Å². The van der Waals surface area contributed by atoms with Crippen molar-refractivity contribution in [2.75, 3.05) is 24.6 Å². The third-order valence-corrected chi connectivity index (χ3v) is 3.50. The fourth-order valence-electron chi connectivity index (χ4n) is 2.30. The molecule has 2 rings (SSSR count). The van der Waals surface area contributed by atoms with Crippen LogP contribution < -0.4 is 10.6 Å². The van der Waals surface area contributed by atoms with Gasteiger partial charge in [0.25, 0.3) is 0 Å². The predicted octanol–water partition coefficient (Wildman–Crippen LogP) is 1.71. The molecule has 0 bridgehead atoms. The van der Waals surface area contributed by atoms with Gasteiger partial charge in [-0.3, -0.25) is 0 Å². The van der Waals surface area contributed by atoms with E-state index in [4.69, 9.17) is 5.73 Å². The molecule has 1 heterocycles. The van der Waals surface area contributed by atoms with Crippen molar-refractivity contribution in [1.82, 2.24) is 9.55 Å². The Morgan fingerprint density at radius 3 is 2.45 bits per heavy atom. The van der Waals surface area contributed by atoms with Gasteiger partial charge in [-0.2, -0.15) is 0 Å². The lowest BCUT2D eigenvalue weighted by atomic mass is 10.2. The van der Waals surface area contributed by atoms with Gasteiger partial charge < -0.3 is 20.3 Å². The number of nitrogens with two attached hydrogens (primary N) is 1. The summed E-state index contributed by atoms with van der Waals surface area (Å²) in [5.74, 6) is 0.